The molecular weight excluding hydrogens is 493 g/mol. The number of hydrogen-bond acceptors (Lipinski definition) is 7. The summed E-state index contributed by atoms with van der Waals surface area (Å²) in [6, 6.07) is 18.3. The van der Waals surface area contributed by atoms with Gasteiger partial charge in [0, 0.05) is 31.7 Å². The maximum atomic E-state index is 11.2. The molecule has 3 aromatic rings. The van der Waals surface area contributed by atoms with Crippen LogP contribution in [0.1, 0.15) is 47.6 Å². The summed E-state index contributed by atoms with van der Waals surface area (Å²) in [5, 5.41) is 16.0. The van der Waals surface area contributed by atoms with Crippen molar-refractivity contribution in [1.82, 2.24) is 5.16 Å². The van der Waals surface area contributed by atoms with E-state index in [1.165, 1.54) is 5.56 Å². The molecule has 0 aliphatic rings. The van der Waals surface area contributed by atoms with Gasteiger partial charge in [-0.15, -0.1) is 0 Å². The first kappa shape index (κ1) is 28.7. The lowest BCUT2D eigenvalue weighted by molar-refractivity contribution is -0.617. The Morgan fingerprint density at radius 3 is 2.49 bits per heavy atom. The van der Waals surface area contributed by atoms with Gasteiger partial charge in [-0.1, -0.05) is 53.7 Å². The van der Waals surface area contributed by atoms with E-state index < -0.39 is 13.4 Å². The van der Waals surface area contributed by atoms with Crippen LogP contribution < -0.4 is 11.1 Å². The van der Waals surface area contributed by atoms with Crippen molar-refractivity contribution in [1.29, 1.82) is 0 Å². The third kappa shape index (κ3) is 9.18. The molecule has 9 nitrogen and oxygen atoms in total. The van der Waals surface area contributed by atoms with Gasteiger partial charge in [-0.3, -0.25) is 9.84 Å². The van der Waals surface area contributed by atoms with E-state index in [4.69, 9.17) is 14.8 Å². The van der Waals surface area contributed by atoms with Crippen LogP contribution in [0.25, 0.3) is 5.57 Å². The minimum atomic E-state index is -3.98. The van der Waals surface area contributed by atoms with E-state index in [-0.39, 0.29) is 13.3 Å². The van der Waals surface area contributed by atoms with Crippen LogP contribution in [0.15, 0.2) is 77.5 Å². The molecule has 10 heteroatoms. The highest BCUT2D eigenvalue weighted by atomic mass is 31.2. The first-order valence-corrected chi connectivity index (χ1v) is 13.4. The van der Waals surface area contributed by atoms with Crippen molar-refractivity contribution in [2.24, 2.45) is 5.73 Å². The molecule has 0 aliphatic heterocycles. The van der Waals surface area contributed by atoms with Gasteiger partial charge in [0.25, 0.3) is 0 Å². The molecule has 0 amide bonds. The van der Waals surface area contributed by atoms with Crippen LogP contribution in [0, 0.1) is 0 Å². The number of phosphoric ester groups is 1. The van der Waals surface area contributed by atoms with Crippen molar-refractivity contribution in [2.45, 2.75) is 32.3 Å². The minimum Gasteiger partial charge on any atom is -0.386 e. The van der Waals surface area contributed by atoms with Crippen molar-refractivity contribution in [3.8, 4) is 0 Å². The molecule has 6 N–H and O–H groups in total. The van der Waals surface area contributed by atoms with Crippen molar-refractivity contribution in [3.05, 3.63) is 107 Å². The summed E-state index contributed by atoms with van der Waals surface area (Å²) in [4.78, 5) is 9.18. The summed E-state index contributed by atoms with van der Waals surface area (Å²) in [6.45, 7) is 3.77. The summed E-state index contributed by atoms with van der Waals surface area (Å²) >= 11 is 0. The molecule has 0 saturated carbocycles. The van der Waals surface area contributed by atoms with Crippen LogP contribution in [0.5, 0.6) is 0 Å². The second-order valence-corrected chi connectivity index (χ2v) is 10.6. The molecule has 0 spiro atoms. The van der Waals surface area contributed by atoms with Crippen LogP contribution >= 0.6 is 7.82 Å². The van der Waals surface area contributed by atoms with E-state index in [0.29, 0.717) is 12.2 Å². The Balaban J connectivity index is 1.56. The molecule has 0 radical (unpaired) electrons. The van der Waals surface area contributed by atoms with Gasteiger partial charge in [0.15, 0.2) is 12.5 Å². The van der Waals surface area contributed by atoms with Crippen LogP contribution in [0.2, 0.25) is 0 Å². The smallest absolute Gasteiger partial charge is 0.386 e. The average molecular weight is 529 g/mol. The molecule has 3 rings (SSSR count). The fourth-order valence-electron chi connectivity index (χ4n) is 3.57. The van der Waals surface area contributed by atoms with E-state index in [1.807, 2.05) is 24.3 Å². The Morgan fingerprint density at radius 1 is 1.14 bits per heavy atom. The zero-order valence-corrected chi connectivity index (χ0v) is 22.2. The lowest BCUT2D eigenvalue weighted by Gasteiger charge is -2.18. The maximum Gasteiger partial charge on any atom is 0.476 e. The molecule has 1 aromatic heterocycles. The van der Waals surface area contributed by atoms with Crippen LogP contribution in [-0.2, 0) is 32.1 Å². The van der Waals surface area contributed by atoms with Crippen molar-refractivity contribution >= 4 is 13.4 Å². The Bertz CT molecular complexity index is 1260. The molecule has 198 valence electrons. The zero-order chi connectivity index (χ0) is 26.9. The third-order valence-corrected chi connectivity index (χ3v) is 6.59. The molecule has 0 saturated heterocycles. The second kappa shape index (κ2) is 13.1. The van der Waals surface area contributed by atoms with Gasteiger partial charge in [0.05, 0.1) is 17.5 Å². The Morgan fingerprint density at radius 2 is 1.84 bits per heavy atom. The molecule has 1 atom stereocenters. The molecule has 0 aliphatic carbocycles. The van der Waals surface area contributed by atoms with E-state index in [2.05, 4.69) is 40.0 Å². The van der Waals surface area contributed by atoms with Crippen LogP contribution in [-0.4, -0.2) is 35.5 Å². The summed E-state index contributed by atoms with van der Waals surface area (Å²) in [7, 11) is -2.87. The first-order chi connectivity index (χ1) is 17.6. The number of aliphatic hydroxyl groups is 1. The number of aromatic nitrogens is 1. The van der Waals surface area contributed by atoms with Gasteiger partial charge in [-0.05, 0) is 54.7 Å². The number of phosphoric acid groups is 1. The molecule has 2 aromatic carbocycles. The Kier molecular flexibility index (Phi) is 10.1. The van der Waals surface area contributed by atoms with Crippen LogP contribution in [0.3, 0.4) is 0 Å². The summed E-state index contributed by atoms with van der Waals surface area (Å²) in [5.74, 6) is 0.584. The SMILES string of the molecule is COP(=O)(O)OC[NH2+]/C=C\C=C(/CN)c1cc(Cc2ccc(Cc3cccc(C(C)(C)O)c3)cc2)no1. The normalized spacial score (nSPS) is 14.3. The monoisotopic (exact) mass is 528 g/mol. The minimum absolute atomic E-state index is 0.0671. The zero-order valence-electron chi connectivity index (χ0n) is 21.3. The van der Waals surface area contributed by atoms with Gasteiger partial charge in [0.2, 0.25) is 0 Å². The van der Waals surface area contributed by atoms with E-state index in [1.54, 1.807) is 37.5 Å². The molecule has 37 heavy (non-hydrogen) atoms. The summed E-state index contributed by atoms with van der Waals surface area (Å²) < 4.78 is 25.8. The molecule has 1 heterocycles. The highest BCUT2D eigenvalue weighted by Crippen LogP contribution is 2.40. The lowest BCUT2D eigenvalue weighted by Crippen LogP contribution is -2.78. The molecular formula is C27H35N3O6P+. The number of benzene rings is 2. The van der Waals surface area contributed by atoms with Crippen LogP contribution in [0.4, 0.5) is 0 Å². The molecule has 1 unspecified atom stereocenters. The van der Waals surface area contributed by atoms with Crippen molar-refractivity contribution in [3.63, 3.8) is 0 Å². The number of allylic oxidation sites excluding steroid dienone is 2. The van der Waals surface area contributed by atoms with Crippen molar-refractivity contribution in [2.75, 3.05) is 20.4 Å². The lowest BCUT2D eigenvalue weighted by atomic mass is 9.94. The van der Waals surface area contributed by atoms with Gasteiger partial charge in [0.1, 0.15) is 0 Å². The van der Waals surface area contributed by atoms with E-state index in [9.17, 15) is 14.6 Å². The van der Waals surface area contributed by atoms with Gasteiger partial charge >= 0.3 is 7.82 Å². The number of hydrogen-bond donors (Lipinski definition) is 4. The number of rotatable bonds is 13. The maximum absolute atomic E-state index is 11.2. The van der Waals surface area contributed by atoms with Gasteiger partial charge < -0.3 is 20.3 Å². The van der Waals surface area contributed by atoms with E-state index >= 15 is 0 Å². The Labute approximate surface area is 217 Å². The number of quaternary nitrogens is 1. The number of nitrogens with two attached hydrogens (primary N) is 2. The predicted octanol–water partition coefficient (Wildman–Crippen LogP) is 3.22. The molecule has 0 fully saturated rings. The quantitative estimate of drug-likeness (QED) is 0.115. The predicted molar refractivity (Wildman–Crippen MR) is 141 cm³/mol. The average Bonchev–Trinajstić information content (AvgIpc) is 3.32. The van der Waals surface area contributed by atoms with E-state index in [0.717, 1.165) is 41.5 Å². The second-order valence-electron chi connectivity index (χ2n) is 9.08. The molecule has 0 bridgehead atoms. The topological polar surface area (TPSA) is 145 Å². The highest BCUT2D eigenvalue weighted by Gasteiger charge is 2.18. The Hall–Kier alpha value is -2.88. The fourth-order valence-corrected chi connectivity index (χ4v) is 3.95. The largest absolute Gasteiger partial charge is 0.476 e. The number of nitrogens with zero attached hydrogens (tertiary/aromatic N) is 1. The highest BCUT2D eigenvalue weighted by molar-refractivity contribution is 7.47. The fraction of sp³-hybridized carbons (Fsp3) is 0.296. The standard InChI is InChI=1S/C27H34N3O6P/c1-27(2,31)24-8-4-6-22(15-24)14-20-9-11-21(12-10-20)16-25-17-26(36-30-25)23(18-28)7-5-13-29-19-35-37(32,33)34-3/h4-13,15,17,29,31H,14,16,18-19,28H2,1-3H3,(H,32,33)/p+1/b13-5-,23-7+. The summed E-state index contributed by atoms with van der Waals surface area (Å²) in [6.07, 6.45) is 6.60. The van der Waals surface area contributed by atoms with Crippen molar-refractivity contribution < 1.29 is 33.5 Å². The van der Waals surface area contributed by atoms with Gasteiger partial charge in [-0.25, -0.2) is 9.09 Å². The summed E-state index contributed by atoms with van der Waals surface area (Å²) in [5.41, 5.74) is 10.9. The van der Waals surface area contributed by atoms with Gasteiger partial charge in [-0.2, -0.15) is 0 Å². The first-order valence-electron chi connectivity index (χ1n) is 11.9. The third-order valence-electron chi connectivity index (χ3n) is 5.65.